The number of amides is 1. The van der Waals surface area contributed by atoms with Crippen LogP contribution in [-0.2, 0) is 35.9 Å². The number of hydrogen-bond donors (Lipinski definition) is 1. The van der Waals surface area contributed by atoms with Crippen LogP contribution in [0.4, 0.5) is 0 Å². The summed E-state index contributed by atoms with van der Waals surface area (Å²) in [4.78, 5) is 12.3. The molecule has 2 aromatic rings. The van der Waals surface area contributed by atoms with Gasteiger partial charge in [-0.25, -0.2) is 0 Å². The van der Waals surface area contributed by atoms with Crippen molar-refractivity contribution in [2.75, 3.05) is 12.8 Å². The molecule has 0 saturated heterocycles. The highest BCUT2D eigenvalue weighted by molar-refractivity contribution is 7.83. The van der Waals surface area contributed by atoms with Crippen LogP contribution in [0.2, 0.25) is 0 Å². The number of aromatic nitrogens is 3. The van der Waals surface area contributed by atoms with Gasteiger partial charge in [-0.2, -0.15) is 0 Å². The first-order valence-electron chi connectivity index (χ1n) is 8.71. The van der Waals surface area contributed by atoms with Crippen molar-refractivity contribution in [1.29, 1.82) is 0 Å². The Morgan fingerprint density at radius 2 is 2.16 bits per heavy atom. The summed E-state index contributed by atoms with van der Waals surface area (Å²) in [5, 5.41) is 11.5. The van der Waals surface area contributed by atoms with Crippen molar-refractivity contribution >= 4 is 16.7 Å². The molecule has 0 saturated carbocycles. The fourth-order valence-corrected chi connectivity index (χ4v) is 3.81. The van der Waals surface area contributed by atoms with Crippen molar-refractivity contribution in [1.82, 2.24) is 20.1 Å². The number of rotatable bonds is 6. The van der Waals surface area contributed by atoms with E-state index in [2.05, 4.69) is 20.1 Å². The van der Waals surface area contributed by atoms with E-state index in [1.807, 2.05) is 12.1 Å². The standard InChI is InChI=1S/C18H24N4O2S/c1-25(24)13-14-6-5-7-15(12-14)18(23)19-10-9-17-21-20-16-8-3-2-4-11-22(16)17/h5-7,12H,2-4,8-11,13H2,1H3,(H,19,23)/t25-/m1/s1. The van der Waals surface area contributed by atoms with Crippen LogP contribution in [0, 0.1) is 0 Å². The summed E-state index contributed by atoms with van der Waals surface area (Å²) in [6.45, 7) is 1.50. The summed E-state index contributed by atoms with van der Waals surface area (Å²) in [5.41, 5.74) is 1.51. The summed E-state index contributed by atoms with van der Waals surface area (Å²) >= 11 is 0. The van der Waals surface area contributed by atoms with Crippen LogP contribution in [0.1, 0.15) is 46.8 Å². The predicted octanol–water partition coefficient (Wildman–Crippen LogP) is 1.86. The number of benzene rings is 1. The highest BCUT2D eigenvalue weighted by atomic mass is 32.2. The van der Waals surface area contributed by atoms with Crippen molar-refractivity contribution in [3.63, 3.8) is 0 Å². The van der Waals surface area contributed by atoms with Crippen LogP contribution < -0.4 is 5.32 Å². The van der Waals surface area contributed by atoms with Gasteiger partial charge in [-0.1, -0.05) is 18.6 Å². The van der Waals surface area contributed by atoms with Crippen LogP contribution in [0.25, 0.3) is 0 Å². The maximum Gasteiger partial charge on any atom is 0.251 e. The highest BCUT2D eigenvalue weighted by Gasteiger charge is 2.14. The molecule has 0 radical (unpaired) electrons. The Bertz CT molecular complexity index is 772. The average Bonchev–Trinajstić information content (AvgIpc) is 2.81. The molecular formula is C18H24N4O2S. The van der Waals surface area contributed by atoms with Gasteiger partial charge in [0.05, 0.1) is 0 Å². The molecule has 0 spiro atoms. The van der Waals surface area contributed by atoms with Crippen molar-refractivity contribution < 1.29 is 9.00 Å². The highest BCUT2D eigenvalue weighted by Crippen LogP contribution is 2.14. The summed E-state index contributed by atoms with van der Waals surface area (Å²) in [6.07, 6.45) is 6.90. The lowest BCUT2D eigenvalue weighted by Crippen LogP contribution is -2.26. The molecule has 1 aliphatic heterocycles. The molecule has 0 bridgehead atoms. The van der Waals surface area contributed by atoms with E-state index in [1.54, 1.807) is 18.4 Å². The lowest BCUT2D eigenvalue weighted by molar-refractivity contribution is 0.0954. The molecule has 0 fully saturated rings. The monoisotopic (exact) mass is 360 g/mol. The number of carbonyl (C=O) groups excluding carboxylic acids is 1. The van der Waals surface area contributed by atoms with Crippen molar-refractivity contribution in [2.24, 2.45) is 0 Å². The van der Waals surface area contributed by atoms with Crippen molar-refractivity contribution in [3.05, 3.63) is 47.0 Å². The number of nitrogens with one attached hydrogen (secondary N) is 1. The van der Waals surface area contributed by atoms with Gasteiger partial charge in [-0.15, -0.1) is 10.2 Å². The Morgan fingerprint density at radius 1 is 1.28 bits per heavy atom. The van der Waals surface area contributed by atoms with Crippen molar-refractivity contribution in [2.45, 2.75) is 44.4 Å². The quantitative estimate of drug-likeness (QED) is 0.853. The maximum absolute atomic E-state index is 12.3. The third kappa shape index (κ3) is 4.75. The smallest absolute Gasteiger partial charge is 0.251 e. The zero-order chi connectivity index (χ0) is 17.6. The minimum atomic E-state index is -0.916. The Hall–Kier alpha value is -2.02. The van der Waals surface area contributed by atoms with E-state index in [0.29, 0.717) is 24.3 Å². The molecule has 134 valence electrons. The lowest BCUT2D eigenvalue weighted by Gasteiger charge is -2.08. The second-order valence-corrected chi connectivity index (χ2v) is 7.85. The Balaban J connectivity index is 1.56. The molecule has 1 amide bonds. The van der Waals surface area contributed by atoms with E-state index >= 15 is 0 Å². The van der Waals surface area contributed by atoms with Gasteiger partial charge < -0.3 is 9.88 Å². The van der Waals surface area contributed by atoms with Gasteiger partial charge in [0.25, 0.3) is 5.91 Å². The van der Waals surface area contributed by atoms with E-state index in [1.165, 1.54) is 12.8 Å². The molecule has 1 atom stereocenters. The van der Waals surface area contributed by atoms with Crippen LogP contribution in [0.5, 0.6) is 0 Å². The van der Waals surface area contributed by atoms with Gasteiger partial charge in [-0.3, -0.25) is 9.00 Å². The molecule has 1 aromatic heterocycles. The summed E-state index contributed by atoms with van der Waals surface area (Å²) in [7, 11) is -0.916. The van der Waals surface area contributed by atoms with Gasteiger partial charge >= 0.3 is 0 Å². The SMILES string of the molecule is C[S@@](=O)Cc1cccc(C(=O)NCCc2nnc3n2CCCCC3)c1. The normalized spacial score (nSPS) is 15.2. The Labute approximate surface area is 150 Å². The van der Waals surface area contributed by atoms with Gasteiger partial charge in [0, 0.05) is 54.3 Å². The first kappa shape index (κ1) is 17.8. The third-order valence-corrected chi connectivity index (χ3v) is 5.12. The largest absolute Gasteiger partial charge is 0.352 e. The zero-order valence-electron chi connectivity index (χ0n) is 14.5. The number of nitrogens with zero attached hydrogens (tertiary/aromatic N) is 3. The number of fused-ring (bicyclic) bond motifs is 1. The average molecular weight is 360 g/mol. The van der Waals surface area contributed by atoms with Crippen LogP contribution >= 0.6 is 0 Å². The van der Waals surface area contributed by atoms with E-state index in [-0.39, 0.29) is 5.91 Å². The maximum atomic E-state index is 12.3. The first-order valence-corrected chi connectivity index (χ1v) is 10.4. The number of hydrogen-bond acceptors (Lipinski definition) is 4. The lowest BCUT2D eigenvalue weighted by atomic mass is 10.1. The van der Waals surface area contributed by atoms with Gasteiger partial charge in [0.2, 0.25) is 0 Å². The predicted molar refractivity (Wildman–Crippen MR) is 97.8 cm³/mol. The van der Waals surface area contributed by atoms with Crippen LogP contribution in [-0.4, -0.2) is 37.7 Å². The fraction of sp³-hybridized carbons (Fsp3) is 0.500. The molecule has 1 aliphatic rings. The number of aryl methyl sites for hydroxylation is 1. The molecule has 1 aromatic carbocycles. The van der Waals surface area contributed by atoms with E-state index in [4.69, 9.17) is 0 Å². The minimum absolute atomic E-state index is 0.112. The third-order valence-electron chi connectivity index (χ3n) is 4.38. The first-order chi connectivity index (χ1) is 12.1. The molecule has 2 heterocycles. The topological polar surface area (TPSA) is 76.9 Å². The summed E-state index contributed by atoms with van der Waals surface area (Å²) in [6, 6.07) is 7.31. The molecule has 0 unspecified atom stereocenters. The second kappa shape index (κ2) is 8.38. The van der Waals surface area contributed by atoms with Crippen LogP contribution in [0.3, 0.4) is 0 Å². The fourth-order valence-electron chi connectivity index (χ4n) is 3.16. The Morgan fingerprint density at radius 3 is 3.00 bits per heavy atom. The van der Waals surface area contributed by atoms with Crippen molar-refractivity contribution in [3.8, 4) is 0 Å². The van der Waals surface area contributed by atoms with Crippen LogP contribution in [0.15, 0.2) is 24.3 Å². The second-order valence-electron chi connectivity index (χ2n) is 6.42. The van der Waals surface area contributed by atoms with Gasteiger partial charge in [-0.05, 0) is 30.5 Å². The molecular weight excluding hydrogens is 336 g/mol. The van der Waals surface area contributed by atoms with E-state index < -0.39 is 10.8 Å². The van der Waals surface area contributed by atoms with Gasteiger partial charge in [0.15, 0.2) is 0 Å². The van der Waals surface area contributed by atoms with E-state index in [9.17, 15) is 9.00 Å². The summed E-state index contributed by atoms with van der Waals surface area (Å²) < 4.78 is 13.5. The number of carbonyl (C=O) groups is 1. The Kier molecular flexibility index (Phi) is 5.96. The van der Waals surface area contributed by atoms with E-state index in [0.717, 1.165) is 36.6 Å². The summed E-state index contributed by atoms with van der Waals surface area (Å²) in [5.74, 6) is 2.37. The van der Waals surface area contributed by atoms with Gasteiger partial charge in [0.1, 0.15) is 11.6 Å². The zero-order valence-corrected chi connectivity index (χ0v) is 15.3. The molecule has 6 nitrogen and oxygen atoms in total. The molecule has 7 heteroatoms. The molecule has 1 N–H and O–H groups in total. The molecule has 0 aliphatic carbocycles. The molecule has 3 rings (SSSR count). The minimum Gasteiger partial charge on any atom is -0.352 e. The molecule has 25 heavy (non-hydrogen) atoms.